The van der Waals surface area contributed by atoms with Crippen LogP contribution in [0.1, 0.15) is 13.8 Å². The Hall–Kier alpha value is 0.310. The maximum absolute atomic E-state index is 10.2. The van der Waals surface area contributed by atoms with Crippen LogP contribution in [-0.2, 0) is 9.09 Å². The summed E-state index contributed by atoms with van der Waals surface area (Å²) in [7, 11) is -2.06. The molecule has 0 bridgehead atoms. The molecule has 0 rings (SSSR count). The van der Waals surface area contributed by atoms with Crippen molar-refractivity contribution in [2.45, 2.75) is 13.8 Å². The molecule has 60 valence electrons. The second-order valence-corrected chi connectivity index (χ2v) is 4.32. The Morgan fingerprint density at radius 3 is 2.50 bits per heavy atom. The summed E-state index contributed by atoms with van der Waals surface area (Å²) in [6, 6.07) is 0. The maximum atomic E-state index is 10.2. The number of hydrogen-bond donors (Lipinski definition) is 1. The zero-order valence-electron chi connectivity index (χ0n) is 6.00. The van der Waals surface area contributed by atoms with Crippen molar-refractivity contribution >= 4 is 18.6 Å². The molecule has 0 saturated heterocycles. The van der Waals surface area contributed by atoms with Crippen LogP contribution in [0.3, 0.4) is 0 Å². The molecule has 0 aliphatic heterocycles. The number of aliphatic hydroxyl groups is 1. The minimum absolute atomic E-state index is 0.00688. The van der Waals surface area contributed by atoms with Crippen molar-refractivity contribution in [2.24, 2.45) is 5.41 Å². The standard InChI is InChI=1S/C5H11ClO3P/c1-5(2,3-7)4-9-10(6)8/h7H,3-4H2,1-2H3/q+1. The molecule has 0 aliphatic carbocycles. The topological polar surface area (TPSA) is 46.5 Å². The zero-order chi connectivity index (χ0) is 8.20. The highest BCUT2D eigenvalue weighted by Gasteiger charge is 2.23. The molecule has 0 aromatic heterocycles. The van der Waals surface area contributed by atoms with Gasteiger partial charge in [-0.05, 0) is 4.57 Å². The van der Waals surface area contributed by atoms with Gasteiger partial charge in [0, 0.05) is 5.41 Å². The predicted molar refractivity (Wildman–Crippen MR) is 40.3 cm³/mol. The van der Waals surface area contributed by atoms with Gasteiger partial charge in [0.2, 0.25) is 11.2 Å². The van der Waals surface area contributed by atoms with Gasteiger partial charge in [-0.1, -0.05) is 13.8 Å². The van der Waals surface area contributed by atoms with E-state index >= 15 is 0 Å². The van der Waals surface area contributed by atoms with Crippen LogP contribution in [-0.4, -0.2) is 18.3 Å². The van der Waals surface area contributed by atoms with Gasteiger partial charge < -0.3 is 5.11 Å². The monoisotopic (exact) mass is 185 g/mol. The summed E-state index contributed by atoms with van der Waals surface area (Å²) >= 11 is 5.05. The van der Waals surface area contributed by atoms with Gasteiger partial charge in [-0.2, -0.15) is 0 Å². The van der Waals surface area contributed by atoms with Crippen LogP contribution >= 0.6 is 18.6 Å². The van der Waals surface area contributed by atoms with Crippen molar-refractivity contribution in [3.8, 4) is 0 Å². The Morgan fingerprint density at radius 2 is 2.20 bits per heavy atom. The molecule has 0 radical (unpaired) electrons. The summed E-state index contributed by atoms with van der Waals surface area (Å²) in [4.78, 5) is 0. The molecule has 0 fully saturated rings. The average molecular weight is 186 g/mol. The molecule has 0 heterocycles. The van der Waals surface area contributed by atoms with E-state index in [1.165, 1.54) is 0 Å². The Kier molecular flexibility index (Phi) is 4.37. The molecule has 0 saturated carbocycles. The van der Waals surface area contributed by atoms with Crippen LogP contribution in [0.15, 0.2) is 0 Å². The summed E-state index contributed by atoms with van der Waals surface area (Å²) in [5, 5.41) is 8.69. The Morgan fingerprint density at radius 1 is 1.70 bits per heavy atom. The van der Waals surface area contributed by atoms with E-state index in [-0.39, 0.29) is 18.6 Å². The SMILES string of the molecule is CC(C)(CO)CO[P+](=O)Cl. The summed E-state index contributed by atoms with van der Waals surface area (Å²) in [5.74, 6) is 0. The second-order valence-electron chi connectivity index (χ2n) is 2.81. The second kappa shape index (κ2) is 4.24. The molecular weight excluding hydrogens is 174 g/mol. The first-order valence-corrected chi connectivity index (χ1v) is 4.93. The van der Waals surface area contributed by atoms with Crippen molar-refractivity contribution in [2.75, 3.05) is 13.2 Å². The summed E-state index contributed by atoms with van der Waals surface area (Å²) in [6.45, 7) is 3.79. The Balaban J connectivity index is 3.56. The molecular formula is C5H11ClO3P+. The molecule has 0 aliphatic rings. The lowest BCUT2D eigenvalue weighted by molar-refractivity contribution is 0.103. The number of hydrogen-bond acceptors (Lipinski definition) is 3. The fourth-order valence-corrected chi connectivity index (χ4v) is 0.869. The van der Waals surface area contributed by atoms with Gasteiger partial charge in [0.15, 0.2) is 0 Å². The lowest BCUT2D eigenvalue weighted by Crippen LogP contribution is -2.21. The predicted octanol–water partition coefficient (Wildman–Crippen LogP) is 1.92. The minimum atomic E-state index is -2.06. The van der Waals surface area contributed by atoms with E-state index in [0.717, 1.165) is 0 Å². The van der Waals surface area contributed by atoms with Crippen molar-refractivity contribution in [1.29, 1.82) is 0 Å². The molecule has 1 N–H and O–H groups in total. The van der Waals surface area contributed by atoms with Crippen LogP contribution < -0.4 is 0 Å². The third kappa shape index (κ3) is 5.12. The molecule has 0 aromatic carbocycles. The van der Waals surface area contributed by atoms with Crippen LogP contribution in [0.5, 0.6) is 0 Å². The molecule has 0 spiro atoms. The number of halogens is 1. The first-order valence-electron chi connectivity index (χ1n) is 2.85. The van der Waals surface area contributed by atoms with Crippen LogP contribution in [0, 0.1) is 5.41 Å². The Bertz CT molecular complexity index is 126. The van der Waals surface area contributed by atoms with E-state index < -0.39 is 7.38 Å². The normalized spacial score (nSPS) is 13.4. The van der Waals surface area contributed by atoms with Gasteiger partial charge in [-0.25, -0.2) is 0 Å². The smallest absolute Gasteiger partial charge is 0.396 e. The molecule has 0 aromatic rings. The quantitative estimate of drug-likeness (QED) is 0.681. The van der Waals surface area contributed by atoms with E-state index in [1.807, 2.05) is 0 Å². The van der Waals surface area contributed by atoms with Gasteiger partial charge >= 0.3 is 7.38 Å². The summed E-state index contributed by atoms with van der Waals surface area (Å²) in [5.41, 5.74) is -0.361. The van der Waals surface area contributed by atoms with E-state index in [2.05, 4.69) is 4.52 Å². The lowest BCUT2D eigenvalue weighted by atomic mass is 9.97. The van der Waals surface area contributed by atoms with E-state index in [4.69, 9.17) is 16.3 Å². The van der Waals surface area contributed by atoms with Crippen LogP contribution in [0.4, 0.5) is 0 Å². The van der Waals surface area contributed by atoms with Gasteiger partial charge in [-0.3, -0.25) is 0 Å². The van der Waals surface area contributed by atoms with Gasteiger partial charge in [0.05, 0.1) is 6.61 Å². The van der Waals surface area contributed by atoms with Crippen molar-refractivity contribution in [3.05, 3.63) is 0 Å². The third-order valence-corrected chi connectivity index (χ3v) is 1.61. The zero-order valence-corrected chi connectivity index (χ0v) is 7.65. The Labute approximate surface area is 66.0 Å². The highest BCUT2D eigenvalue weighted by Crippen LogP contribution is 2.30. The fourth-order valence-electron chi connectivity index (χ4n) is 0.271. The summed E-state index contributed by atoms with van der Waals surface area (Å²) < 4.78 is 14.8. The first kappa shape index (κ1) is 10.3. The van der Waals surface area contributed by atoms with Crippen molar-refractivity contribution < 1.29 is 14.2 Å². The minimum Gasteiger partial charge on any atom is -0.396 e. The summed E-state index contributed by atoms with van der Waals surface area (Å²) in [6.07, 6.45) is 0. The molecule has 1 unspecified atom stereocenters. The average Bonchev–Trinajstić information content (AvgIpc) is 1.85. The molecule has 3 nitrogen and oxygen atoms in total. The van der Waals surface area contributed by atoms with Crippen LogP contribution in [0.25, 0.3) is 0 Å². The third-order valence-electron chi connectivity index (χ3n) is 0.985. The number of aliphatic hydroxyl groups excluding tert-OH is 1. The number of rotatable bonds is 4. The highest BCUT2D eigenvalue weighted by atomic mass is 35.7. The van der Waals surface area contributed by atoms with Gasteiger partial charge in [0.1, 0.15) is 6.61 Å². The lowest BCUT2D eigenvalue weighted by Gasteiger charge is -2.16. The van der Waals surface area contributed by atoms with Crippen LogP contribution in [0.2, 0.25) is 0 Å². The molecule has 1 atom stereocenters. The van der Waals surface area contributed by atoms with Crippen molar-refractivity contribution in [1.82, 2.24) is 0 Å². The maximum Gasteiger partial charge on any atom is 0.633 e. The highest BCUT2D eigenvalue weighted by molar-refractivity contribution is 7.69. The van der Waals surface area contributed by atoms with E-state index in [1.54, 1.807) is 13.8 Å². The first-order chi connectivity index (χ1) is 4.48. The van der Waals surface area contributed by atoms with E-state index in [9.17, 15) is 4.57 Å². The van der Waals surface area contributed by atoms with E-state index in [0.29, 0.717) is 0 Å². The molecule has 0 amide bonds. The molecule has 10 heavy (non-hydrogen) atoms. The van der Waals surface area contributed by atoms with Gasteiger partial charge in [-0.15, -0.1) is 4.52 Å². The fraction of sp³-hybridized carbons (Fsp3) is 1.00. The van der Waals surface area contributed by atoms with Crippen molar-refractivity contribution in [3.63, 3.8) is 0 Å². The van der Waals surface area contributed by atoms with Gasteiger partial charge in [0.25, 0.3) is 0 Å². The molecule has 5 heteroatoms. The largest absolute Gasteiger partial charge is 0.633 e.